The summed E-state index contributed by atoms with van der Waals surface area (Å²) in [7, 11) is 2.83. The highest BCUT2D eigenvalue weighted by Crippen LogP contribution is 2.24. The van der Waals surface area contributed by atoms with Crippen molar-refractivity contribution in [3.8, 4) is 5.75 Å². The Labute approximate surface area is 200 Å². The second-order valence-corrected chi connectivity index (χ2v) is 7.72. The fourth-order valence-corrected chi connectivity index (χ4v) is 3.32. The first kappa shape index (κ1) is 24.6. The van der Waals surface area contributed by atoms with Gasteiger partial charge in [0.05, 0.1) is 26.7 Å². The molecule has 0 radical (unpaired) electrons. The molecule has 6 heteroatoms. The van der Waals surface area contributed by atoms with Crippen molar-refractivity contribution in [2.24, 2.45) is 5.16 Å². The Morgan fingerprint density at radius 1 is 0.941 bits per heavy atom. The summed E-state index contributed by atoms with van der Waals surface area (Å²) in [6.45, 7) is 4.72. The first-order valence-corrected chi connectivity index (χ1v) is 10.9. The zero-order valence-electron chi connectivity index (χ0n) is 19.9. The van der Waals surface area contributed by atoms with E-state index < -0.39 is 5.97 Å². The molecule has 176 valence electrons. The van der Waals surface area contributed by atoms with E-state index in [4.69, 9.17) is 19.0 Å². The first-order valence-electron chi connectivity index (χ1n) is 10.9. The van der Waals surface area contributed by atoms with Crippen LogP contribution in [0, 0.1) is 13.8 Å². The molecule has 0 aliphatic rings. The molecular formula is C28H29NO5. The number of hydrogen-bond acceptors (Lipinski definition) is 6. The van der Waals surface area contributed by atoms with E-state index in [1.807, 2.05) is 73.7 Å². The van der Waals surface area contributed by atoms with Crippen LogP contribution in [0.3, 0.4) is 0 Å². The van der Waals surface area contributed by atoms with E-state index >= 15 is 0 Å². The van der Waals surface area contributed by atoms with Gasteiger partial charge in [0.2, 0.25) is 0 Å². The molecule has 0 N–H and O–H groups in total. The van der Waals surface area contributed by atoms with Crippen LogP contribution < -0.4 is 4.74 Å². The Kier molecular flexibility index (Phi) is 8.86. The molecule has 0 aromatic heterocycles. The van der Waals surface area contributed by atoms with Gasteiger partial charge in [0, 0.05) is 0 Å². The minimum atomic E-state index is -0.473. The smallest absolute Gasteiger partial charge is 0.341 e. The second-order valence-electron chi connectivity index (χ2n) is 7.72. The molecular weight excluding hydrogens is 430 g/mol. The average Bonchev–Trinajstić information content (AvgIpc) is 2.85. The summed E-state index contributed by atoms with van der Waals surface area (Å²) in [6, 6.07) is 21.4. The number of carbonyl (C=O) groups is 1. The Morgan fingerprint density at radius 3 is 2.41 bits per heavy atom. The van der Waals surface area contributed by atoms with Gasteiger partial charge in [-0.2, -0.15) is 0 Å². The van der Waals surface area contributed by atoms with Crippen LogP contribution in [0.15, 0.2) is 78.1 Å². The Bertz CT molecular complexity index is 1170. The molecule has 0 fully saturated rings. The van der Waals surface area contributed by atoms with E-state index in [2.05, 4.69) is 12.1 Å². The predicted octanol–water partition coefficient (Wildman–Crippen LogP) is 5.59. The lowest BCUT2D eigenvalue weighted by Crippen LogP contribution is -2.08. The largest absolute Gasteiger partial charge is 0.503 e. The van der Waals surface area contributed by atoms with E-state index in [1.54, 1.807) is 6.21 Å². The molecule has 0 heterocycles. The highest BCUT2D eigenvalue weighted by Gasteiger charge is 2.17. The quantitative estimate of drug-likeness (QED) is 0.130. The summed E-state index contributed by atoms with van der Waals surface area (Å²) in [5.41, 5.74) is 6.01. The maximum Gasteiger partial charge on any atom is 0.341 e. The first-order chi connectivity index (χ1) is 16.5. The molecule has 0 amide bonds. The number of aryl methyl sites for hydroxylation is 2. The number of esters is 1. The summed E-state index contributed by atoms with van der Waals surface area (Å²) < 4.78 is 16.0. The van der Waals surface area contributed by atoms with Crippen LogP contribution in [0.4, 0.5) is 0 Å². The fraction of sp³-hybridized carbons (Fsp3) is 0.214. The van der Waals surface area contributed by atoms with Crippen LogP contribution in [-0.2, 0) is 32.3 Å². The average molecular weight is 460 g/mol. The van der Waals surface area contributed by atoms with Crippen molar-refractivity contribution in [3.05, 3.63) is 106 Å². The van der Waals surface area contributed by atoms with Gasteiger partial charge in [-0.15, -0.1) is 0 Å². The van der Waals surface area contributed by atoms with E-state index in [-0.39, 0.29) is 6.61 Å². The number of hydrogen-bond donors (Lipinski definition) is 0. The summed E-state index contributed by atoms with van der Waals surface area (Å²) in [5.74, 6) is 0.265. The van der Waals surface area contributed by atoms with Crippen molar-refractivity contribution in [1.82, 2.24) is 0 Å². The van der Waals surface area contributed by atoms with E-state index in [0.29, 0.717) is 17.7 Å². The van der Waals surface area contributed by atoms with Crippen molar-refractivity contribution >= 4 is 17.8 Å². The van der Waals surface area contributed by atoms with Crippen molar-refractivity contribution < 1.29 is 23.8 Å². The molecule has 0 bridgehead atoms. The van der Waals surface area contributed by atoms with Crippen LogP contribution in [0.2, 0.25) is 0 Å². The number of nitrogens with zero attached hydrogens (tertiary/aromatic N) is 1. The molecule has 0 unspecified atom stereocenters. The topological polar surface area (TPSA) is 66.4 Å². The van der Waals surface area contributed by atoms with Gasteiger partial charge >= 0.3 is 5.97 Å². The highest BCUT2D eigenvalue weighted by atomic mass is 16.6. The van der Waals surface area contributed by atoms with Gasteiger partial charge in [0.1, 0.15) is 24.5 Å². The number of methoxy groups -OCH3 is 2. The van der Waals surface area contributed by atoms with Gasteiger partial charge in [0.25, 0.3) is 0 Å². The highest BCUT2D eigenvalue weighted by molar-refractivity contribution is 6.16. The fourth-order valence-electron chi connectivity index (χ4n) is 3.32. The van der Waals surface area contributed by atoms with Crippen molar-refractivity contribution in [2.75, 3.05) is 14.2 Å². The third-order valence-corrected chi connectivity index (χ3v) is 5.16. The van der Waals surface area contributed by atoms with Crippen LogP contribution in [-0.4, -0.2) is 26.4 Å². The second kappa shape index (κ2) is 12.3. The van der Waals surface area contributed by atoms with Crippen LogP contribution >= 0.6 is 0 Å². The maximum atomic E-state index is 12.2. The maximum absolute atomic E-state index is 12.2. The zero-order chi connectivity index (χ0) is 24.3. The van der Waals surface area contributed by atoms with Crippen molar-refractivity contribution in [3.63, 3.8) is 0 Å². The molecule has 0 saturated heterocycles. The van der Waals surface area contributed by atoms with Crippen molar-refractivity contribution in [1.29, 1.82) is 0 Å². The lowest BCUT2D eigenvalue weighted by atomic mass is 10.0. The number of carbonyl (C=O) groups excluding carboxylic acids is 1. The van der Waals surface area contributed by atoms with Gasteiger partial charge in [-0.25, -0.2) is 4.79 Å². The normalized spacial score (nSPS) is 11.4. The molecule has 0 aliphatic carbocycles. The molecule has 3 aromatic rings. The van der Waals surface area contributed by atoms with Crippen LogP contribution in [0.5, 0.6) is 5.75 Å². The van der Waals surface area contributed by atoms with Gasteiger partial charge in [0.15, 0.2) is 0 Å². The molecule has 34 heavy (non-hydrogen) atoms. The standard InChI is InChI=1S/C28H29NO5/c1-20-9-11-22(12-10-20)17-34-29-16-23-13-14-27(21(2)15-23)33-18-24-7-5-6-8-25(24)26(19-31-3)28(30)32-4/h5-16,19H,17-18H2,1-4H3/b26-19+,29-16+. The number of rotatable bonds is 10. The Morgan fingerprint density at radius 2 is 1.71 bits per heavy atom. The summed E-state index contributed by atoms with van der Waals surface area (Å²) in [5, 5.41) is 4.07. The van der Waals surface area contributed by atoms with E-state index in [1.165, 1.54) is 26.0 Å². The van der Waals surface area contributed by atoms with Crippen LogP contribution in [0.1, 0.15) is 33.4 Å². The van der Waals surface area contributed by atoms with Gasteiger partial charge in [-0.3, -0.25) is 0 Å². The monoisotopic (exact) mass is 459 g/mol. The Balaban J connectivity index is 1.64. The van der Waals surface area contributed by atoms with E-state index in [9.17, 15) is 4.79 Å². The molecule has 0 aliphatic heterocycles. The molecule has 3 rings (SSSR count). The molecule has 6 nitrogen and oxygen atoms in total. The predicted molar refractivity (Wildman–Crippen MR) is 133 cm³/mol. The zero-order valence-corrected chi connectivity index (χ0v) is 19.9. The lowest BCUT2D eigenvalue weighted by molar-refractivity contribution is -0.133. The summed E-state index contributed by atoms with van der Waals surface area (Å²) in [4.78, 5) is 17.6. The third kappa shape index (κ3) is 6.72. The number of ether oxygens (including phenoxy) is 3. The minimum absolute atomic E-state index is 0.280. The third-order valence-electron chi connectivity index (χ3n) is 5.16. The molecule has 3 aromatic carbocycles. The molecule has 0 saturated carbocycles. The summed E-state index contributed by atoms with van der Waals surface area (Å²) in [6.07, 6.45) is 3.06. The Hall–Kier alpha value is -4.06. The molecule has 0 atom stereocenters. The van der Waals surface area contributed by atoms with Crippen LogP contribution in [0.25, 0.3) is 5.57 Å². The summed E-state index contributed by atoms with van der Waals surface area (Å²) >= 11 is 0. The van der Waals surface area contributed by atoms with Gasteiger partial charge < -0.3 is 19.0 Å². The number of oxime groups is 1. The van der Waals surface area contributed by atoms with Crippen molar-refractivity contribution in [2.45, 2.75) is 27.1 Å². The van der Waals surface area contributed by atoms with E-state index in [0.717, 1.165) is 28.0 Å². The molecule has 0 spiro atoms. The van der Waals surface area contributed by atoms with Gasteiger partial charge in [-0.05, 0) is 59.9 Å². The number of benzene rings is 3. The SMILES string of the molecule is CO/C=C(/C(=O)OC)c1ccccc1COc1ccc(/C=N/OCc2ccc(C)cc2)cc1C. The lowest BCUT2D eigenvalue weighted by Gasteiger charge is -2.14. The minimum Gasteiger partial charge on any atom is -0.503 e. The van der Waals surface area contributed by atoms with Gasteiger partial charge in [-0.1, -0.05) is 59.3 Å².